The number of anilines is 1. The summed E-state index contributed by atoms with van der Waals surface area (Å²) in [7, 11) is 0. The van der Waals surface area contributed by atoms with Crippen LogP contribution in [0.25, 0.3) is 0 Å². The third-order valence-corrected chi connectivity index (χ3v) is 3.05. The normalized spacial score (nSPS) is 13.8. The Morgan fingerprint density at radius 3 is 2.00 bits per heavy atom. The van der Waals surface area contributed by atoms with Crippen LogP contribution in [0.2, 0.25) is 0 Å². The summed E-state index contributed by atoms with van der Waals surface area (Å²) in [5.41, 5.74) is 0.149. The predicted molar refractivity (Wildman–Crippen MR) is 65.6 cm³/mol. The van der Waals surface area contributed by atoms with E-state index in [-0.39, 0.29) is 16.8 Å². The van der Waals surface area contributed by atoms with Crippen molar-refractivity contribution in [1.29, 1.82) is 0 Å². The van der Waals surface area contributed by atoms with Gasteiger partial charge in [-0.1, -0.05) is 12.1 Å². The van der Waals surface area contributed by atoms with E-state index in [1.54, 1.807) is 12.1 Å². The zero-order valence-electron chi connectivity index (χ0n) is 9.93. The van der Waals surface area contributed by atoms with E-state index in [1.807, 2.05) is 0 Å². The first-order valence-electron chi connectivity index (χ1n) is 5.66. The quantitative estimate of drug-likeness (QED) is 0.813. The van der Waals surface area contributed by atoms with Gasteiger partial charge >= 0.3 is 0 Å². The van der Waals surface area contributed by atoms with E-state index in [4.69, 9.17) is 0 Å². The molecule has 0 atom stereocenters. The van der Waals surface area contributed by atoms with Crippen LogP contribution < -0.4 is 4.90 Å². The third-order valence-electron chi connectivity index (χ3n) is 3.05. The van der Waals surface area contributed by atoms with Crippen molar-refractivity contribution in [3.8, 4) is 5.75 Å². The van der Waals surface area contributed by atoms with Gasteiger partial charge in [-0.05, 0) is 12.1 Å². The number of phenolic OH excluding ortho intramolecular Hbond substituents is 1. The molecule has 4 nitrogen and oxygen atoms in total. The Morgan fingerprint density at radius 1 is 0.950 bits per heavy atom. The molecule has 6 heteroatoms. The summed E-state index contributed by atoms with van der Waals surface area (Å²) in [6.45, 7) is 0. The number of hydrogen-bond donors (Lipinski definition) is 1. The lowest BCUT2D eigenvalue weighted by molar-refractivity contribution is 0.0926. The van der Waals surface area contributed by atoms with Gasteiger partial charge < -0.3 is 5.11 Å². The van der Waals surface area contributed by atoms with Crippen molar-refractivity contribution >= 4 is 17.5 Å². The molecule has 0 bridgehead atoms. The Labute approximate surface area is 111 Å². The second-order valence-electron chi connectivity index (χ2n) is 4.25. The highest BCUT2D eigenvalue weighted by molar-refractivity contribution is 6.34. The Morgan fingerprint density at radius 2 is 1.50 bits per heavy atom. The van der Waals surface area contributed by atoms with Crippen LogP contribution in [0, 0.1) is 11.6 Å². The van der Waals surface area contributed by atoms with Crippen LogP contribution in [0.5, 0.6) is 5.75 Å². The Bertz CT molecular complexity index is 700. The van der Waals surface area contributed by atoms with Crippen molar-refractivity contribution in [3.05, 3.63) is 59.2 Å². The minimum atomic E-state index is -1.43. The summed E-state index contributed by atoms with van der Waals surface area (Å²) < 4.78 is 26.3. The Kier molecular flexibility index (Phi) is 2.53. The standard InChI is InChI=1S/C14H7F2NO3/c15-10-5-7(6-11(18)12(10)16)17-13(19)8-3-1-2-4-9(8)14(17)20/h1-6,18H. The van der Waals surface area contributed by atoms with Gasteiger partial charge in [-0.15, -0.1) is 0 Å². The van der Waals surface area contributed by atoms with Crippen LogP contribution in [-0.2, 0) is 0 Å². The van der Waals surface area contributed by atoms with Crippen LogP contribution >= 0.6 is 0 Å². The maximum atomic E-state index is 13.3. The molecule has 2 amide bonds. The molecule has 0 radical (unpaired) electrons. The van der Waals surface area contributed by atoms with Gasteiger partial charge in [0.1, 0.15) is 0 Å². The van der Waals surface area contributed by atoms with Gasteiger partial charge in [0.05, 0.1) is 16.8 Å². The zero-order chi connectivity index (χ0) is 14.4. The van der Waals surface area contributed by atoms with Crippen molar-refractivity contribution in [2.45, 2.75) is 0 Å². The van der Waals surface area contributed by atoms with Crippen LogP contribution in [0.1, 0.15) is 20.7 Å². The van der Waals surface area contributed by atoms with E-state index in [0.29, 0.717) is 11.0 Å². The number of nitrogens with zero attached hydrogens (tertiary/aromatic N) is 1. The second-order valence-corrected chi connectivity index (χ2v) is 4.25. The molecule has 0 saturated carbocycles. The van der Waals surface area contributed by atoms with Crippen molar-refractivity contribution in [2.75, 3.05) is 4.90 Å². The fourth-order valence-corrected chi connectivity index (χ4v) is 2.11. The third kappa shape index (κ3) is 1.58. The van der Waals surface area contributed by atoms with Crippen LogP contribution in [-0.4, -0.2) is 16.9 Å². The molecule has 0 aromatic heterocycles. The minimum Gasteiger partial charge on any atom is -0.505 e. The smallest absolute Gasteiger partial charge is 0.266 e. The molecule has 1 aliphatic rings. The number of carbonyl (C=O) groups is 2. The first-order chi connectivity index (χ1) is 9.50. The summed E-state index contributed by atoms with van der Waals surface area (Å²) >= 11 is 0. The number of imide groups is 1. The summed E-state index contributed by atoms with van der Waals surface area (Å²) in [5, 5.41) is 9.27. The van der Waals surface area contributed by atoms with E-state index in [2.05, 4.69) is 0 Å². The topological polar surface area (TPSA) is 57.6 Å². The van der Waals surface area contributed by atoms with Crippen molar-refractivity contribution in [1.82, 2.24) is 0 Å². The summed E-state index contributed by atoms with van der Waals surface area (Å²) in [6, 6.07) is 7.65. The molecule has 0 fully saturated rings. The van der Waals surface area contributed by atoms with E-state index >= 15 is 0 Å². The first-order valence-corrected chi connectivity index (χ1v) is 5.66. The molecule has 0 unspecified atom stereocenters. The van der Waals surface area contributed by atoms with Gasteiger partial charge in [-0.2, -0.15) is 4.39 Å². The average molecular weight is 275 g/mol. The molecule has 1 N–H and O–H groups in total. The van der Waals surface area contributed by atoms with Gasteiger partial charge in [0.15, 0.2) is 17.4 Å². The number of hydrogen-bond acceptors (Lipinski definition) is 3. The van der Waals surface area contributed by atoms with E-state index in [9.17, 15) is 23.5 Å². The Balaban J connectivity index is 2.14. The molecule has 0 aliphatic carbocycles. The molecule has 3 rings (SSSR count). The fraction of sp³-hybridized carbons (Fsp3) is 0. The number of aromatic hydroxyl groups is 1. The second kappa shape index (κ2) is 4.12. The highest BCUT2D eigenvalue weighted by Crippen LogP contribution is 2.32. The molecule has 20 heavy (non-hydrogen) atoms. The maximum absolute atomic E-state index is 13.3. The molecule has 2 aromatic carbocycles. The lowest BCUT2D eigenvalue weighted by atomic mass is 10.1. The summed E-state index contributed by atoms with van der Waals surface area (Å²) in [4.78, 5) is 24.9. The molecule has 1 aliphatic heterocycles. The van der Waals surface area contributed by atoms with Crippen molar-refractivity contribution < 1.29 is 23.5 Å². The van der Waals surface area contributed by atoms with Crippen molar-refractivity contribution in [3.63, 3.8) is 0 Å². The van der Waals surface area contributed by atoms with Gasteiger partial charge in [-0.3, -0.25) is 9.59 Å². The molecular weight excluding hydrogens is 268 g/mol. The average Bonchev–Trinajstić information content (AvgIpc) is 2.68. The summed E-state index contributed by atoms with van der Waals surface area (Å²) in [6.07, 6.45) is 0. The Hall–Kier alpha value is -2.76. The van der Waals surface area contributed by atoms with Gasteiger partial charge in [0, 0.05) is 12.1 Å². The monoisotopic (exact) mass is 275 g/mol. The number of benzene rings is 2. The van der Waals surface area contributed by atoms with Gasteiger partial charge in [0.25, 0.3) is 11.8 Å². The lowest BCUT2D eigenvalue weighted by Crippen LogP contribution is -2.29. The predicted octanol–water partition coefficient (Wildman–Crippen LogP) is 2.47. The largest absolute Gasteiger partial charge is 0.505 e. The molecule has 0 spiro atoms. The van der Waals surface area contributed by atoms with Gasteiger partial charge in [0.2, 0.25) is 0 Å². The SMILES string of the molecule is O=C1c2ccccc2C(=O)N1c1cc(O)c(F)c(F)c1. The number of rotatable bonds is 1. The van der Waals surface area contributed by atoms with Crippen molar-refractivity contribution in [2.24, 2.45) is 0 Å². The number of carbonyl (C=O) groups excluding carboxylic acids is 2. The highest BCUT2D eigenvalue weighted by atomic mass is 19.2. The number of phenols is 1. The molecular formula is C14H7F2NO3. The fourth-order valence-electron chi connectivity index (χ4n) is 2.11. The number of fused-ring (bicyclic) bond motifs is 1. The molecule has 100 valence electrons. The van der Waals surface area contributed by atoms with E-state index in [0.717, 1.165) is 6.07 Å². The summed E-state index contributed by atoms with van der Waals surface area (Å²) in [5.74, 6) is -5.01. The van der Waals surface area contributed by atoms with E-state index < -0.39 is 29.2 Å². The van der Waals surface area contributed by atoms with Crippen LogP contribution in [0.15, 0.2) is 36.4 Å². The van der Waals surface area contributed by atoms with Crippen LogP contribution in [0.4, 0.5) is 14.5 Å². The van der Waals surface area contributed by atoms with E-state index in [1.165, 1.54) is 12.1 Å². The minimum absolute atomic E-state index is 0.182. The molecule has 1 heterocycles. The first kappa shape index (κ1) is 12.3. The maximum Gasteiger partial charge on any atom is 0.266 e. The number of amides is 2. The highest BCUT2D eigenvalue weighted by Gasteiger charge is 2.36. The molecule has 2 aromatic rings. The number of halogens is 2. The zero-order valence-corrected chi connectivity index (χ0v) is 9.93. The molecule has 0 saturated heterocycles. The lowest BCUT2D eigenvalue weighted by Gasteiger charge is -2.14. The van der Waals surface area contributed by atoms with Gasteiger partial charge in [-0.25, -0.2) is 9.29 Å². The van der Waals surface area contributed by atoms with Crippen LogP contribution in [0.3, 0.4) is 0 Å².